The summed E-state index contributed by atoms with van der Waals surface area (Å²) in [6.07, 6.45) is 0. The molecule has 0 unspecified atom stereocenters. The molecule has 0 aliphatic carbocycles. The van der Waals surface area contributed by atoms with E-state index in [1.54, 1.807) is 30.3 Å². The monoisotopic (exact) mass is 394 g/mol. The predicted octanol–water partition coefficient (Wildman–Crippen LogP) is 3.88. The molecule has 0 aliphatic heterocycles. The van der Waals surface area contributed by atoms with Crippen molar-refractivity contribution < 1.29 is 4.79 Å². The second-order valence-electron chi connectivity index (χ2n) is 6.63. The van der Waals surface area contributed by atoms with Crippen molar-refractivity contribution in [3.63, 3.8) is 0 Å². The quantitative estimate of drug-likeness (QED) is 0.573. The number of carbonyl (C=O) groups is 1. The molecule has 4 rings (SSSR count). The van der Waals surface area contributed by atoms with Gasteiger partial charge >= 0.3 is 0 Å². The molecule has 1 N–H and O–H groups in total. The largest absolute Gasteiger partial charge is 0.338 e. The van der Waals surface area contributed by atoms with Crippen LogP contribution in [0.1, 0.15) is 16.2 Å². The molecule has 2 heterocycles. The standard InChI is InChI=1S/C21H19ClN4O2/c1-13-18(21(28)26(25(13)3)14-9-5-4-6-10-14)23-20(27)19-17(22)15-11-7-8-12-16(15)24(19)2/h4-12H,1-3H3,(H,23,27). The number of hydrogen-bond donors (Lipinski definition) is 1. The van der Waals surface area contributed by atoms with Crippen LogP contribution in [0.25, 0.3) is 16.6 Å². The van der Waals surface area contributed by atoms with Crippen molar-refractivity contribution in [2.45, 2.75) is 6.92 Å². The smallest absolute Gasteiger partial charge is 0.295 e. The number of rotatable bonds is 3. The van der Waals surface area contributed by atoms with Crippen LogP contribution in [0.5, 0.6) is 0 Å². The minimum absolute atomic E-state index is 0.234. The first-order chi connectivity index (χ1) is 13.4. The highest BCUT2D eigenvalue weighted by Gasteiger charge is 2.23. The summed E-state index contributed by atoms with van der Waals surface area (Å²) in [7, 11) is 3.56. The van der Waals surface area contributed by atoms with E-state index >= 15 is 0 Å². The second-order valence-corrected chi connectivity index (χ2v) is 7.01. The Balaban J connectivity index is 1.79. The van der Waals surface area contributed by atoms with Crippen LogP contribution in [0.3, 0.4) is 0 Å². The lowest BCUT2D eigenvalue weighted by Gasteiger charge is -2.07. The summed E-state index contributed by atoms with van der Waals surface area (Å²) in [6.45, 7) is 1.79. The minimum atomic E-state index is -0.422. The molecule has 0 spiro atoms. The van der Waals surface area contributed by atoms with Crippen LogP contribution >= 0.6 is 11.6 Å². The van der Waals surface area contributed by atoms with Crippen LogP contribution in [0.15, 0.2) is 59.4 Å². The van der Waals surface area contributed by atoms with Crippen molar-refractivity contribution in [3.8, 4) is 5.69 Å². The van der Waals surface area contributed by atoms with E-state index < -0.39 is 5.91 Å². The van der Waals surface area contributed by atoms with Crippen molar-refractivity contribution in [3.05, 3.63) is 81.4 Å². The molecule has 0 fully saturated rings. The topological polar surface area (TPSA) is 61.0 Å². The SMILES string of the molecule is Cc1c(NC(=O)c2c(Cl)c3ccccc3n2C)c(=O)n(-c2ccccc2)n1C. The van der Waals surface area contributed by atoms with E-state index in [9.17, 15) is 9.59 Å². The summed E-state index contributed by atoms with van der Waals surface area (Å²) in [4.78, 5) is 26.0. The van der Waals surface area contributed by atoms with Gasteiger partial charge in [-0.1, -0.05) is 48.0 Å². The van der Waals surface area contributed by atoms with E-state index in [1.165, 1.54) is 4.68 Å². The molecule has 6 nitrogen and oxygen atoms in total. The van der Waals surface area contributed by atoms with Gasteiger partial charge in [0.25, 0.3) is 11.5 Å². The molecule has 2 aromatic carbocycles. The summed E-state index contributed by atoms with van der Waals surface area (Å²) >= 11 is 6.47. The third-order valence-electron chi connectivity index (χ3n) is 5.05. The first kappa shape index (κ1) is 18.1. The van der Waals surface area contributed by atoms with Crippen LogP contribution in [0.2, 0.25) is 5.02 Å². The number of fused-ring (bicyclic) bond motifs is 1. The molecule has 4 aromatic rings. The maximum absolute atomic E-state index is 13.0. The molecule has 0 saturated heterocycles. The molecular formula is C21H19ClN4O2. The number of halogens is 1. The third-order valence-corrected chi connectivity index (χ3v) is 5.44. The Bertz CT molecular complexity index is 1230. The van der Waals surface area contributed by atoms with Gasteiger partial charge in [0.15, 0.2) is 0 Å². The minimum Gasteiger partial charge on any atom is -0.338 e. The number of benzene rings is 2. The van der Waals surface area contributed by atoms with Gasteiger partial charge < -0.3 is 9.88 Å². The Morgan fingerprint density at radius 1 is 1.00 bits per heavy atom. The molecule has 28 heavy (non-hydrogen) atoms. The van der Waals surface area contributed by atoms with Gasteiger partial charge in [0.05, 0.1) is 16.4 Å². The van der Waals surface area contributed by atoms with Gasteiger partial charge in [0, 0.05) is 25.0 Å². The van der Waals surface area contributed by atoms with Gasteiger partial charge in [-0.05, 0) is 25.1 Å². The van der Waals surface area contributed by atoms with E-state index in [4.69, 9.17) is 11.6 Å². The molecular weight excluding hydrogens is 376 g/mol. The molecule has 1 amide bonds. The lowest BCUT2D eigenvalue weighted by atomic mass is 10.2. The molecule has 0 bridgehead atoms. The van der Waals surface area contributed by atoms with Crippen LogP contribution in [-0.4, -0.2) is 19.8 Å². The summed E-state index contributed by atoms with van der Waals surface area (Å²) < 4.78 is 4.98. The van der Waals surface area contributed by atoms with Crippen molar-refractivity contribution in [2.24, 2.45) is 14.1 Å². The Morgan fingerprint density at radius 3 is 2.32 bits per heavy atom. The number of amides is 1. The average Bonchev–Trinajstić information content (AvgIpc) is 3.08. The Labute approximate surface area is 166 Å². The molecule has 142 valence electrons. The van der Waals surface area contributed by atoms with Crippen LogP contribution in [0, 0.1) is 6.92 Å². The van der Waals surface area contributed by atoms with Gasteiger partial charge in [0.1, 0.15) is 11.4 Å². The summed E-state index contributed by atoms with van der Waals surface area (Å²) in [5, 5.41) is 3.93. The Hall–Kier alpha value is -3.25. The van der Waals surface area contributed by atoms with Crippen LogP contribution in [0.4, 0.5) is 5.69 Å². The number of anilines is 1. The second kappa shape index (κ2) is 6.73. The number of nitrogens with one attached hydrogen (secondary N) is 1. The maximum Gasteiger partial charge on any atom is 0.295 e. The summed E-state index contributed by atoms with van der Waals surface area (Å²) in [5.74, 6) is -0.422. The summed E-state index contributed by atoms with van der Waals surface area (Å²) in [5.41, 5.74) is 2.48. The van der Waals surface area contributed by atoms with Gasteiger partial charge in [-0.3, -0.25) is 14.3 Å². The van der Waals surface area contributed by atoms with Gasteiger partial charge in [0.2, 0.25) is 0 Å². The zero-order valence-corrected chi connectivity index (χ0v) is 16.5. The number of para-hydroxylation sites is 2. The molecule has 0 atom stereocenters. The van der Waals surface area contributed by atoms with E-state index in [0.717, 1.165) is 16.6 Å². The Kier molecular flexibility index (Phi) is 4.35. The molecule has 0 aliphatic rings. The highest BCUT2D eigenvalue weighted by molar-refractivity contribution is 6.39. The molecule has 7 heteroatoms. The highest BCUT2D eigenvalue weighted by atomic mass is 35.5. The zero-order valence-electron chi connectivity index (χ0n) is 15.7. The average molecular weight is 395 g/mol. The molecule has 2 aromatic heterocycles. The number of carbonyl (C=O) groups excluding carboxylic acids is 1. The number of aryl methyl sites for hydroxylation is 1. The van der Waals surface area contributed by atoms with Crippen molar-refractivity contribution in [2.75, 3.05) is 5.32 Å². The van der Waals surface area contributed by atoms with Crippen molar-refractivity contribution in [1.29, 1.82) is 0 Å². The van der Waals surface area contributed by atoms with E-state index in [2.05, 4.69) is 5.32 Å². The van der Waals surface area contributed by atoms with Crippen LogP contribution in [-0.2, 0) is 14.1 Å². The number of hydrogen-bond acceptors (Lipinski definition) is 2. The fourth-order valence-corrected chi connectivity index (χ4v) is 3.86. The lowest BCUT2D eigenvalue weighted by molar-refractivity contribution is 0.101. The van der Waals surface area contributed by atoms with Gasteiger partial charge in [-0.25, -0.2) is 4.68 Å². The van der Waals surface area contributed by atoms with Gasteiger partial charge in [-0.15, -0.1) is 0 Å². The predicted molar refractivity (Wildman–Crippen MR) is 112 cm³/mol. The van der Waals surface area contributed by atoms with Crippen molar-refractivity contribution >= 4 is 34.1 Å². The summed E-state index contributed by atoms with van der Waals surface area (Å²) in [6, 6.07) is 16.8. The van der Waals surface area contributed by atoms with E-state index in [0.29, 0.717) is 16.4 Å². The van der Waals surface area contributed by atoms with Crippen molar-refractivity contribution in [1.82, 2.24) is 13.9 Å². The number of aromatic nitrogens is 3. The van der Waals surface area contributed by atoms with Gasteiger partial charge in [-0.2, -0.15) is 0 Å². The molecule has 0 saturated carbocycles. The fourth-order valence-electron chi connectivity index (χ4n) is 3.48. The van der Waals surface area contributed by atoms with E-state index in [-0.39, 0.29) is 11.2 Å². The fraction of sp³-hybridized carbons (Fsp3) is 0.143. The normalized spacial score (nSPS) is 11.1. The van der Waals surface area contributed by atoms with Crippen LogP contribution < -0.4 is 10.9 Å². The highest BCUT2D eigenvalue weighted by Crippen LogP contribution is 2.30. The maximum atomic E-state index is 13.0. The zero-order chi connectivity index (χ0) is 20.0. The molecule has 0 radical (unpaired) electrons. The third kappa shape index (κ3) is 2.65. The first-order valence-electron chi connectivity index (χ1n) is 8.80. The number of nitrogens with zero attached hydrogens (tertiary/aromatic N) is 3. The first-order valence-corrected chi connectivity index (χ1v) is 9.18. The van der Waals surface area contributed by atoms with E-state index in [1.807, 2.05) is 54.6 Å². The lowest BCUT2D eigenvalue weighted by Crippen LogP contribution is -2.24. The Morgan fingerprint density at radius 2 is 1.64 bits per heavy atom.